The van der Waals surface area contributed by atoms with Gasteiger partial charge in [-0.3, -0.25) is 0 Å². The number of anilines is 1. The molecule has 2 fully saturated rings. The van der Waals surface area contributed by atoms with Gasteiger partial charge >= 0.3 is 6.03 Å². The number of rotatable bonds is 3. The Hall–Kier alpha value is -1.37. The third kappa shape index (κ3) is 3.34. The lowest BCUT2D eigenvalue weighted by atomic mass is 10.1. The molecule has 2 amide bonds. The number of urea groups is 1. The van der Waals surface area contributed by atoms with Crippen molar-refractivity contribution in [2.24, 2.45) is 5.92 Å². The molecule has 6 nitrogen and oxygen atoms in total. The van der Waals surface area contributed by atoms with E-state index in [0.29, 0.717) is 12.0 Å². The van der Waals surface area contributed by atoms with Gasteiger partial charge in [0.05, 0.1) is 0 Å². The van der Waals surface area contributed by atoms with Crippen LogP contribution in [0.3, 0.4) is 0 Å². The Morgan fingerprint density at radius 2 is 2.09 bits per heavy atom. The quantitative estimate of drug-likeness (QED) is 0.925. The molecule has 1 aliphatic carbocycles. The molecule has 2 aliphatic rings. The minimum absolute atomic E-state index is 0.102. The number of nitrogens with one attached hydrogen (secondary N) is 1. The molecule has 22 heavy (non-hydrogen) atoms. The third-order valence-electron chi connectivity index (χ3n) is 4.78. The Labute approximate surface area is 136 Å². The number of aryl methyl sites for hydroxylation is 1. The number of hydrogen-bond acceptors (Lipinski definition) is 5. The Balaban J connectivity index is 1.49. The summed E-state index contributed by atoms with van der Waals surface area (Å²) < 4.78 is 4.34. The van der Waals surface area contributed by atoms with Gasteiger partial charge in [-0.15, -0.1) is 0 Å². The van der Waals surface area contributed by atoms with Gasteiger partial charge in [0.15, 0.2) is 0 Å². The van der Waals surface area contributed by atoms with Gasteiger partial charge < -0.3 is 15.1 Å². The first-order valence-corrected chi connectivity index (χ1v) is 9.07. The summed E-state index contributed by atoms with van der Waals surface area (Å²) in [5.41, 5.74) is 0. The van der Waals surface area contributed by atoms with Crippen molar-refractivity contribution in [1.29, 1.82) is 0 Å². The molecule has 1 aliphatic heterocycles. The van der Waals surface area contributed by atoms with Crippen LogP contribution < -0.4 is 10.2 Å². The van der Waals surface area contributed by atoms with E-state index in [-0.39, 0.29) is 6.03 Å². The molecular weight excluding hydrogens is 298 g/mol. The lowest BCUT2D eigenvalue weighted by Crippen LogP contribution is -2.53. The smallest absolute Gasteiger partial charge is 0.317 e. The highest BCUT2D eigenvalue weighted by Crippen LogP contribution is 2.25. The summed E-state index contributed by atoms with van der Waals surface area (Å²) in [5.74, 6) is 1.52. The monoisotopic (exact) mass is 323 g/mol. The molecule has 0 unspecified atom stereocenters. The zero-order valence-electron chi connectivity index (χ0n) is 13.4. The first kappa shape index (κ1) is 15.5. The van der Waals surface area contributed by atoms with Crippen LogP contribution in [0.2, 0.25) is 0 Å². The molecule has 3 rings (SSSR count). The van der Waals surface area contributed by atoms with Gasteiger partial charge in [0.25, 0.3) is 0 Å². The predicted molar refractivity (Wildman–Crippen MR) is 88.4 cm³/mol. The number of aromatic nitrogens is 2. The van der Waals surface area contributed by atoms with Crippen molar-refractivity contribution in [3.05, 3.63) is 5.82 Å². The maximum atomic E-state index is 12.4. The fraction of sp³-hybridized carbons (Fsp3) is 0.800. The molecule has 0 spiro atoms. The van der Waals surface area contributed by atoms with Crippen LogP contribution in [0.25, 0.3) is 0 Å². The van der Waals surface area contributed by atoms with Crippen molar-refractivity contribution in [3.63, 3.8) is 0 Å². The molecule has 1 saturated heterocycles. The molecule has 1 N–H and O–H groups in total. The number of amides is 2. The molecule has 2 heterocycles. The Bertz CT molecular complexity index is 512. The van der Waals surface area contributed by atoms with Crippen LogP contribution in [-0.4, -0.2) is 52.5 Å². The second-order valence-electron chi connectivity index (χ2n) is 6.28. The zero-order chi connectivity index (χ0) is 15.5. The average molecular weight is 323 g/mol. The van der Waals surface area contributed by atoms with E-state index in [4.69, 9.17) is 0 Å². The standard InChI is InChI=1S/C15H25N5OS/c1-3-13-17-15(22-18-13)20-9-7-19(8-10-20)14(21)16-12-6-4-5-11(12)2/h11-12H,3-10H2,1-2H3,(H,16,21)/t11-,12+/m0/s1. The van der Waals surface area contributed by atoms with Gasteiger partial charge in [-0.2, -0.15) is 4.37 Å². The SMILES string of the molecule is CCc1nsc(N2CCN(C(=O)N[C@@H]3CCC[C@@H]3C)CC2)n1. The minimum Gasteiger partial charge on any atom is -0.343 e. The van der Waals surface area contributed by atoms with E-state index in [0.717, 1.165) is 50.0 Å². The van der Waals surface area contributed by atoms with E-state index in [1.807, 2.05) is 4.90 Å². The maximum Gasteiger partial charge on any atom is 0.317 e. The van der Waals surface area contributed by atoms with E-state index >= 15 is 0 Å². The summed E-state index contributed by atoms with van der Waals surface area (Å²) in [6, 6.07) is 0.464. The van der Waals surface area contributed by atoms with Crippen LogP contribution in [0.5, 0.6) is 0 Å². The molecule has 0 radical (unpaired) electrons. The van der Waals surface area contributed by atoms with Crippen LogP contribution in [0.15, 0.2) is 0 Å². The molecule has 0 bridgehead atoms. The summed E-state index contributed by atoms with van der Waals surface area (Å²) in [6.45, 7) is 7.49. The Morgan fingerprint density at radius 1 is 1.32 bits per heavy atom. The molecule has 122 valence electrons. The first-order valence-electron chi connectivity index (χ1n) is 8.30. The van der Waals surface area contributed by atoms with E-state index in [1.54, 1.807) is 0 Å². The number of piperazine rings is 1. The topological polar surface area (TPSA) is 61.4 Å². The normalized spacial score (nSPS) is 25.5. The zero-order valence-corrected chi connectivity index (χ0v) is 14.2. The fourth-order valence-electron chi connectivity index (χ4n) is 3.23. The minimum atomic E-state index is 0.102. The van der Waals surface area contributed by atoms with E-state index in [1.165, 1.54) is 24.4 Å². The van der Waals surface area contributed by atoms with Crippen molar-refractivity contribution in [2.45, 2.75) is 45.6 Å². The van der Waals surface area contributed by atoms with Crippen molar-refractivity contribution in [2.75, 3.05) is 31.1 Å². The third-order valence-corrected chi connectivity index (χ3v) is 5.60. The predicted octanol–water partition coefficient (Wildman–Crippen LogP) is 2.12. The van der Waals surface area contributed by atoms with Gasteiger partial charge in [-0.05, 0) is 18.8 Å². The number of carbonyl (C=O) groups excluding carboxylic acids is 1. The van der Waals surface area contributed by atoms with E-state index in [2.05, 4.69) is 33.4 Å². The lowest BCUT2D eigenvalue weighted by Gasteiger charge is -2.35. The van der Waals surface area contributed by atoms with Crippen molar-refractivity contribution >= 4 is 22.7 Å². The molecular formula is C15H25N5OS. The maximum absolute atomic E-state index is 12.4. The molecule has 1 aromatic rings. The van der Waals surface area contributed by atoms with E-state index < -0.39 is 0 Å². The molecule has 1 aromatic heterocycles. The van der Waals surface area contributed by atoms with Crippen LogP contribution in [0, 0.1) is 5.92 Å². The Kier molecular flexibility index (Phi) is 4.81. The number of nitrogens with zero attached hydrogens (tertiary/aromatic N) is 4. The first-order chi connectivity index (χ1) is 10.7. The van der Waals surface area contributed by atoms with Crippen LogP contribution in [0.4, 0.5) is 9.93 Å². The van der Waals surface area contributed by atoms with Crippen molar-refractivity contribution in [3.8, 4) is 0 Å². The summed E-state index contributed by atoms with van der Waals surface area (Å²) in [6.07, 6.45) is 4.46. The molecule has 7 heteroatoms. The lowest BCUT2D eigenvalue weighted by molar-refractivity contribution is 0.188. The number of hydrogen-bond donors (Lipinski definition) is 1. The largest absolute Gasteiger partial charge is 0.343 e. The molecule has 1 saturated carbocycles. The average Bonchev–Trinajstić information content (AvgIpc) is 3.17. The van der Waals surface area contributed by atoms with Crippen LogP contribution >= 0.6 is 11.5 Å². The molecule has 2 atom stereocenters. The van der Waals surface area contributed by atoms with Crippen LogP contribution in [0.1, 0.15) is 38.9 Å². The Morgan fingerprint density at radius 3 is 2.68 bits per heavy atom. The second-order valence-corrected chi connectivity index (χ2v) is 7.02. The van der Waals surface area contributed by atoms with Crippen molar-refractivity contribution < 1.29 is 4.79 Å². The fourth-order valence-corrected chi connectivity index (χ4v) is 4.03. The van der Waals surface area contributed by atoms with E-state index in [9.17, 15) is 4.79 Å². The summed E-state index contributed by atoms with van der Waals surface area (Å²) in [7, 11) is 0. The van der Waals surface area contributed by atoms with Gasteiger partial charge in [0.2, 0.25) is 5.13 Å². The van der Waals surface area contributed by atoms with Gasteiger partial charge in [0, 0.05) is 50.2 Å². The highest BCUT2D eigenvalue weighted by molar-refractivity contribution is 7.09. The van der Waals surface area contributed by atoms with Gasteiger partial charge in [-0.1, -0.05) is 20.3 Å². The van der Waals surface area contributed by atoms with Gasteiger partial charge in [-0.25, -0.2) is 9.78 Å². The number of carbonyl (C=O) groups is 1. The highest BCUT2D eigenvalue weighted by atomic mass is 32.1. The highest BCUT2D eigenvalue weighted by Gasteiger charge is 2.28. The van der Waals surface area contributed by atoms with Crippen LogP contribution in [-0.2, 0) is 6.42 Å². The summed E-state index contributed by atoms with van der Waals surface area (Å²) in [5, 5.41) is 4.20. The van der Waals surface area contributed by atoms with Crippen molar-refractivity contribution in [1.82, 2.24) is 19.6 Å². The van der Waals surface area contributed by atoms with Gasteiger partial charge in [0.1, 0.15) is 5.82 Å². The molecule has 0 aromatic carbocycles. The summed E-state index contributed by atoms with van der Waals surface area (Å²) >= 11 is 1.46. The second kappa shape index (κ2) is 6.81. The summed E-state index contributed by atoms with van der Waals surface area (Å²) in [4.78, 5) is 21.1.